The molecule has 0 amide bonds. The minimum atomic E-state index is 0.762. The first-order valence-corrected chi connectivity index (χ1v) is 8.46. The summed E-state index contributed by atoms with van der Waals surface area (Å²) in [5.74, 6) is 0. The Balaban J connectivity index is 2.03. The molecule has 0 spiro atoms. The van der Waals surface area contributed by atoms with Gasteiger partial charge in [-0.05, 0) is 42.2 Å². The molecule has 0 aliphatic carbocycles. The Bertz CT molecular complexity index is 764. The quantitative estimate of drug-likeness (QED) is 0.529. The molecule has 1 heterocycles. The Morgan fingerprint density at radius 3 is 2.35 bits per heavy atom. The average Bonchev–Trinajstić information content (AvgIpc) is 2.61. The monoisotopic (exact) mass is 321 g/mol. The molecule has 0 atom stereocenters. The van der Waals surface area contributed by atoms with Crippen molar-refractivity contribution in [3.05, 3.63) is 77.4 Å². The molecule has 0 aliphatic rings. The van der Waals surface area contributed by atoms with Crippen molar-refractivity contribution in [2.24, 2.45) is 0 Å². The molecule has 1 nitrogen and oxygen atoms in total. The maximum atomic E-state index is 6.01. The van der Waals surface area contributed by atoms with Crippen molar-refractivity contribution in [3.63, 3.8) is 0 Å². The summed E-state index contributed by atoms with van der Waals surface area (Å²) in [6.07, 6.45) is 5.43. The highest BCUT2D eigenvalue weighted by Crippen LogP contribution is 2.29. The van der Waals surface area contributed by atoms with E-state index in [1.807, 2.05) is 24.4 Å². The molecule has 3 aromatic rings. The standard InChI is InChI=1S/C21H20ClN/c1-2-3-7-18-14-21(17-8-5-4-6-9-17)23-15-20(18)16-10-12-19(22)13-11-16/h4-6,8-15H,2-3,7H2,1H3. The number of pyridine rings is 1. The molecule has 3 rings (SSSR count). The van der Waals surface area contributed by atoms with Crippen LogP contribution in [0, 0.1) is 0 Å². The van der Waals surface area contributed by atoms with Crippen molar-refractivity contribution in [1.29, 1.82) is 0 Å². The van der Waals surface area contributed by atoms with E-state index in [0.717, 1.165) is 22.7 Å². The van der Waals surface area contributed by atoms with Crippen molar-refractivity contribution < 1.29 is 0 Å². The number of nitrogens with zero attached hydrogens (tertiary/aromatic N) is 1. The van der Waals surface area contributed by atoms with Crippen LogP contribution in [0.4, 0.5) is 0 Å². The van der Waals surface area contributed by atoms with Gasteiger partial charge < -0.3 is 0 Å². The third kappa shape index (κ3) is 3.80. The van der Waals surface area contributed by atoms with E-state index in [2.05, 4.69) is 54.4 Å². The molecule has 0 saturated heterocycles. The van der Waals surface area contributed by atoms with E-state index in [1.54, 1.807) is 0 Å². The number of unbranched alkanes of at least 4 members (excludes halogenated alkanes) is 1. The number of hydrogen-bond acceptors (Lipinski definition) is 1. The van der Waals surface area contributed by atoms with Gasteiger partial charge in [0.2, 0.25) is 0 Å². The Hall–Kier alpha value is -2.12. The third-order valence-electron chi connectivity index (χ3n) is 4.01. The van der Waals surface area contributed by atoms with E-state index in [9.17, 15) is 0 Å². The topological polar surface area (TPSA) is 12.9 Å². The van der Waals surface area contributed by atoms with Crippen molar-refractivity contribution in [1.82, 2.24) is 4.98 Å². The first-order chi connectivity index (χ1) is 11.3. The van der Waals surface area contributed by atoms with Crippen molar-refractivity contribution in [3.8, 4) is 22.4 Å². The molecule has 2 heteroatoms. The zero-order chi connectivity index (χ0) is 16.1. The van der Waals surface area contributed by atoms with Crippen LogP contribution >= 0.6 is 11.6 Å². The Kier molecular flexibility index (Phi) is 5.09. The minimum absolute atomic E-state index is 0.762. The molecule has 0 bridgehead atoms. The van der Waals surface area contributed by atoms with Gasteiger partial charge in [0.15, 0.2) is 0 Å². The van der Waals surface area contributed by atoms with Crippen LogP contribution in [0.3, 0.4) is 0 Å². The molecule has 0 N–H and O–H groups in total. The van der Waals surface area contributed by atoms with Crippen LogP contribution in [0.1, 0.15) is 25.3 Å². The summed E-state index contributed by atoms with van der Waals surface area (Å²) >= 11 is 6.01. The molecule has 0 saturated carbocycles. The van der Waals surface area contributed by atoms with Gasteiger partial charge in [-0.25, -0.2) is 0 Å². The SMILES string of the molecule is CCCCc1cc(-c2ccccc2)ncc1-c1ccc(Cl)cc1. The van der Waals surface area contributed by atoms with Gasteiger partial charge in [0.25, 0.3) is 0 Å². The first-order valence-electron chi connectivity index (χ1n) is 8.08. The largest absolute Gasteiger partial charge is 0.256 e. The Morgan fingerprint density at radius 2 is 1.65 bits per heavy atom. The van der Waals surface area contributed by atoms with Crippen molar-refractivity contribution >= 4 is 11.6 Å². The highest BCUT2D eigenvalue weighted by atomic mass is 35.5. The molecule has 0 radical (unpaired) electrons. The summed E-state index contributed by atoms with van der Waals surface area (Å²) in [5, 5.41) is 0.762. The van der Waals surface area contributed by atoms with Gasteiger partial charge >= 0.3 is 0 Å². The van der Waals surface area contributed by atoms with E-state index >= 15 is 0 Å². The lowest BCUT2D eigenvalue weighted by molar-refractivity contribution is 0.795. The average molecular weight is 322 g/mol. The molecular weight excluding hydrogens is 302 g/mol. The van der Waals surface area contributed by atoms with Gasteiger partial charge in [-0.1, -0.05) is 67.4 Å². The Labute approximate surface area is 143 Å². The number of aromatic nitrogens is 1. The zero-order valence-corrected chi connectivity index (χ0v) is 14.1. The summed E-state index contributed by atoms with van der Waals surface area (Å²) in [6, 6.07) is 20.6. The number of rotatable bonds is 5. The molecule has 0 fully saturated rings. The van der Waals surface area contributed by atoms with Crippen LogP contribution in [-0.2, 0) is 6.42 Å². The van der Waals surface area contributed by atoms with Crippen LogP contribution in [0.15, 0.2) is 66.9 Å². The molecule has 23 heavy (non-hydrogen) atoms. The van der Waals surface area contributed by atoms with E-state index in [-0.39, 0.29) is 0 Å². The predicted molar refractivity (Wildman–Crippen MR) is 98.7 cm³/mol. The molecule has 2 aromatic carbocycles. The van der Waals surface area contributed by atoms with Crippen LogP contribution < -0.4 is 0 Å². The second-order valence-electron chi connectivity index (χ2n) is 5.70. The number of halogens is 1. The smallest absolute Gasteiger partial charge is 0.0705 e. The van der Waals surface area contributed by atoms with Crippen molar-refractivity contribution in [2.45, 2.75) is 26.2 Å². The summed E-state index contributed by atoms with van der Waals surface area (Å²) < 4.78 is 0. The van der Waals surface area contributed by atoms with Crippen molar-refractivity contribution in [2.75, 3.05) is 0 Å². The van der Waals surface area contributed by atoms with Gasteiger partial charge in [-0.15, -0.1) is 0 Å². The fraction of sp³-hybridized carbons (Fsp3) is 0.190. The fourth-order valence-corrected chi connectivity index (χ4v) is 2.85. The predicted octanol–water partition coefficient (Wildman–Crippen LogP) is 6.41. The highest BCUT2D eigenvalue weighted by Gasteiger charge is 2.09. The zero-order valence-electron chi connectivity index (χ0n) is 13.3. The highest BCUT2D eigenvalue weighted by molar-refractivity contribution is 6.30. The number of hydrogen-bond donors (Lipinski definition) is 0. The van der Waals surface area contributed by atoms with Gasteiger partial charge in [0.05, 0.1) is 5.69 Å². The maximum absolute atomic E-state index is 6.01. The van der Waals surface area contributed by atoms with E-state index < -0.39 is 0 Å². The van der Waals surface area contributed by atoms with E-state index in [4.69, 9.17) is 11.6 Å². The normalized spacial score (nSPS) is 10.7. The lowest BCUT2D eigenvalue weighted by Crippen LogP contribution is -1.94. The van der Waals surface area contributed by atoms with Gasteiger partial charge in [-0.2, -0.15) is 0 Å². The molecule has 1 aromatic heterocycles. The number of aryl methyl sites for hydroxylation is 1. The maximum Gasteiger partial charge on any atom is 0.0705 e. The summed E-state index contributed by atoms with van der Waals surface area (Å²) in [6.45, 7) is 2.22. The minimum Gasteiger partial charge on any atom is -0.256 e. The molecule has 0 unspecified atom stereocenters. The second kappa shape index (κ2) is 7.43. The third-order valence-corrected chi connectivity index (χ3v) is 4.27. The lowest BCUT2D eigenvalue weighted by atomic mass is 9.96. The van der Waals surface area contributed by atoms with E-state index in [1.165, 1.54) is 29.5 Å². The number of benzene rings is 2. The van der Waals surface area contributed by atoms with Crippen LogP contribution in [-0.4, -0.2) is 4.98 Å². The van der Waals surface area contributed by atoms with Crippen LogP contribution in [0.25, 0.3) is 22.4 Å². The van der Waals surface area contributed by atoms with E-state index in [0.29, 0.717) is 0 Å². The van der Waals surface area contributed by atoms with Crippen LogP contribution in [0.5, 0.6) is 0 Å². The first kappa shape index (κ1) is 15.8. The second-order valence-corrected chi connectivity index (χ2v) is 6.14. The van der Waals surface area contributed by atoms with Gasteiger partial charge in [0, 0.05) is 22.3 Å². The molecular formula is C21H20ClN. The summed E-state index contributed by atoms with van der Waals surface area (Å²) in [4.78, 5) is 4.68. The van der Waals surface area contributed by atoms with Gasteiger partial charge in [0.1, 0.15) is 0 Å². The summed E-state index contributed by atoms with van der Waals surface area (Å²) in [7, 11) is 0. The molecule has 116 valence electrons. The van der Waals surface area contributed by atoms with Gasteiger partial charge in [-0.3, -0.25) is 4.98 Å². The lowest BCUT2D eigenvalue weighted by Gasteiger charge is -2.12. The van der Waals surface area contributed by atoms with Crippen LogP contribution in [0.2, 0.25) is 5.02 Å². The summed E-state index contributed by atoms with van der Waals surface area (Å²) in [5.41, 5.74) is 5.92. The Morgan fingerprint density at radius 1 is 0.913 bits per heavy atom. The fourth-order valence-electron chi connectivity index (χ4n) is 2.73. The molecule has 0 aliphatic heterocycles.